The van der Waals surface area contributed by atoms with E-state index in [0.29, 0.717) is 0 Å². The average Bonchev–Trinajstić information content (AvgIpc) is 1.73. The van der Waals surface area contributed by atoms with Gasteiger partial charge in [0, 0.05) is 73.3 Å². The van der Waals surface area contributed by atoms with Crippen LogP contribution in [-0.4, -0.2) is 9.13 Å². The van der Waals surface area contributed by atoms with Crippen LogP contribution in [0.5, 0.6) is 0 Å². The van der Waals surface area contributed by atoms with E-state index in [0.717, 1.165) is 11.4 Å². The molecule has 0 spiro atoms. The first-order valence-electron chi connectivity index (χ1n) is 28.8. The number of aromatic nitrogens is 2. The van der Waals surface area contributed by atoms with Crippen molar-refractivity contribution in [3.63, 3.8) is 0 Å². The molecule has 390 valence electrons. The smallest absolute Gasteiger partial charge is 0.0548 e. The topological polar surface area (TPSA) is 9.86 Å². The maximum absolute atomic E-state index is 2.47. The summed E-state index contributed by atoms with van der Waals surface area (Å²) in [5, 5.41) is 15.3. The molecule has 0 aliphatic heterocycles. The molecule has 4 heterocycles. The minimum atomic E-state index is 1.15. The number of thiophene rings is 2. The Bertz CT molecular complexity index is 5350. The fraction of sp³-hybridized carbons (Fsp3) is 0. The molecule has 14 aromatic carbocycles. The van der Waals surface area contributed by atoms with Gasteiger partial charge in [-0.15, -0.1) is 22.7 Å². The minimum Gasteiger partial charge on any atom is -0.309 e. The third kappa shape index (κ3) is 7.15. The van der Waals surface area contributed by atoms with Gasteiger partial charge < -0.3 is 9.13 Å². The van der Waals surface area contributed by atoms with Crippen molar-refractivity contribution >= 4 is 128 Å². The molecule has 84 heavy (non-hydrogen) atoms. The standard InChI is InChI=1S/C80H48N2S2/c1-3-15-49(16-4-1)51-27-33-55(34-28-51)81-69-41-31-53(47-67(69)77-71(81)43-45-75-79(77)65-23-11-13-25-73(65)83-75)57-37-39-63(61-21-9-7-19-59(57)61)64-40-38-58(60-20-8-10-22-62(60)64)54-32-42-70-68(48-54)78-72(44-46-76-80(78)66-24-12-14-26-74(66)84-76)82(70)56-35-29-52(30-36-56)50-17-5-2-6-18-50/h1-48H. The van der Waals surface area contributed by atoms with Gasteiger partial charge in [-0.25, -0.2) is 0 Å². The Kier molecular flexibility index (Phi) is 10.5. The van der Waals surface area contributed by atoms with Crippen molar-refractivity contribution in [2.45, 2.75) is 0 Å². The van der Waals surface area contributed by atoms with E-state index in [1.807, 2.05) is 22.7 Å². The van der Waals surface area contributed by atoms with Gasteiger partial charge in [0.25, 0.3) is 0 Å². The molecule has 0 amide bonds. The van der Waals surface area contributed by atoms with Gasteiger partial charge in [-0.05, 0) is 162 Å². The van der Waals surface area contributed by atoms with Crippen molar-refractivity contribution in [2.24, 2.45) is 0 Å². The van der Waals surface area contributed by atoms with Crippen LogP contribution < -0.4 is 0 Å². The molecule has 0 aliphatic carbocycles. The van der Waals surface area contributed by atoms with Crippen LogP contribution in [0.4, 0.5) is 0 Å². The lowest BCUT2D eigenvalue weighted by molar-refractivity contribution is 1.18. The molecule has 0 atom stereocenters. The lowest BCUT2D eigenvalue weighted by Gasteiger charge is -2.16. The molecule has 2 nitrogen and oxygen atoms in total. The summed E-state index contributed by atoms with van der Waals surface area (Å²) in [6, 6.07) is 108. The zero-order chi connectivity index (χ0) is 55.0. The van der Waals surface area contributed by atoms with Crippen molar-refractivity contribution in [2.75, 3.05) is 0 Å². The molecule has 0 bridgehead atoms. The average molecular weight is 1100 g/mol. The first kappa shape index (κ1) is 47.3. The molecule has 0 radical (unpaired) electrons. The van der Waals surface area contributed by atoms with Crippen LogP contribution in [0.15, 0.2) is 291 Å². The van der Waals surface area contributed by atoms with Crippen molar-refractivity contribution in [3.05, 3.63) is 291 Å². The van der Waals surface area contributed by atoms with Gasteiger partial charge in [-0.2, -0.15) is 0 Å². The Hall–Kier alpha value is -10.4. The van der Waals surface area contributed by atoms with Gasteiger partial charge >= 0.3 is 0 Å². The highest BCUT2D eigenvalue weighted by molar-refractivity contribution is 7.26. The van der Waals surface area contributed by atoms with Gasteiger partial charge in [0.2, 0.25) is 0 Å². The lowest BCUT2D eigenvalue weighted by Crippen LogP contribution is -1.94. The summed E-state index contributed by atoms with van der Waals surface area (Å²) >= 11 is 3.77. The van der Waals surface area contributed by atoms with E-state index in [1.165, 1.54) is 161 Å². The van der Waals surface area contributed by atoms with Gasteiger partial charge in [-0.1, -0.05) is 206 Å². The summed E-state index contributed by atoms with van der Waals surface area (Å²) in [7, 11) is 0. The molecule has 0 fully saturated rings. The van der Waals surface area contributed by atoms with E-state index in [9.17, 15) is 0 Å². The van der Waals surface area contributed by atoms with Gasteiger partial charge in [0.15, 0.2) is 0 Å². The Morgan fingerprint density at radius 3 is 0.929 bits per heavy atom. The summed E-state index contributed by atoms with van der Waals surface area (Å²) in [6.07, 6.45) is 0. The summed E-state index contributed by atoms with van der Waals surface area (Å²) in [5.74, 6) is 0. The molecule has 4 heteroatoms. The third-order valence-electron chi connectivity index (χ3n) is 17.8. The lowest BCUT2D eigenvalue weighted by atomic mass is 9.87. The Labute approximate surface area is 492 Å². The van der Waals surface area contributed by atoms with Crippen LogP contribution in [0.2, 0.25) is 0 Å². The van der Waals surface area contributed by atoms with Crippen LogP contribution >= 0.6 is 22.7 Å². The van der Waals surface area contributed by atoms with E-state index in [2.05, 4.69) is 300 Å². The molecular weight excluding hydrogens is 1050 g/mol. The predicted octanol–water partition coefficient (Wildman–Crippen LogP) is 23.3. The summed E-state index contributed by atoms with van der Waals surface area (Å²) in [5.41, 5.74) is 19.3. The molecule has 18 aromatic rings. The second-order valence-electron chi connectivity index (χ2n) is 22.2. The molecule has 18 rings (SSSR count). The molecular formula is C80H48N2S2. The normalized spacial score (nSPS) is 12.0. The van der Waals surface area contributed by atoms with Crippen LogP contribution in [0.25, 0.3) is 173 Å². The Morgan fingerprint density at radius 2 is 0.512 bits per heavy atom. The molecule has 0 saturated carbocycles. The van der Waals surface area contributed by atoms with Gasteiger partial charge in [0.1, 0.15) is 0 Å². The van der Waals surface area contributed by atoms with Crippen LogP contribution in [0, 0.1) is 0 Å². The molecule has 0 N–H and O–H groups in total. The minimum absolute atomic E-state index is 1.15. The van der Waals surface area contributed by atoms with E-state index in [1.54, 1.807) is 0 Å². The number of rotatable bonds is 7. The molecule has 0 saturated heterocycles. The highest BCUT2D eigenvalue weighted by Gasteiger charge is 2.23. The highest BCUT2D eigenvalue weighted by Crippen LogP contribution is 2.49. The number of hydrogen-bond donors (Lipinski definition) is 0. The van der Waals surface area contributed by atoms with Crippen LogP contribution in [0.1, 0.15) is 0 Å². The number of fused-ring (bicyclic) bond motifs is 16. The summed E-state index contributed by atoms with van der Waals surface area (Å²) < 4.78 is 10.2. The SMILES string of the molecule is c1ccc(-c2ccc(-n3c4ccc(-c5ccc(-c6ccc(-c7ccc8c(c7)c7c9c(ccc7n8-c7ccc(-c8ccccc8)cc7)sc7ccccc79)c7ccccc67)c6ccccc56)cc4c4c5c(ccc43)sc3ccccc35)cc2)cc1. The van der Waals surface area contributed by atoms with E-state index < -0.39 is 0 Å². The predicted molar refractivity (Wildman–Crippen MR) is 363 cm³/mol. The van der Waals surface area contributed by atoms with Crippen molar-refractivity contribution in [3.8, 4) is 67.0 Å². The van der Waals surface area contributed by atoms with E-state index in [4.69, 9.17) is 0 Å². The third-order valence-corrected chi connectivity index (χ3v) is 20.0. The van der Waals surface area contributed by atoms with Crippen molar-refractivity contribution in [1.29, 1.82) is 0 Å². The quantitative estimate of drug-likeness (QED) is 0.151. The van der Waals surface area contributed by atoms with E-state index in [-0.39, 0.29) is 0 Å². The number of nitrogens with zero attached hydrogens (tertiary/aromatic N) is 2. The van der Waals surface area contributed by atoms with Crippen molar-refractivity contribution in [1.82, 2.24) is 9.13 Å². The van der Waals surface area contributed by atoms with Gasteiger partial charge in [-0.3, -0.25) is 0 Å². The zero-order valence-corrected chi connectivity index (χ0v) is 47.1. The summed E-state index contributed by atoms with van der Waals surface area (Å²) in [4.78, 5) is 0. The fourth-order valence-corrected chi connectivity index (χ4v) is 16.2. The van der Waals surface area contributed by atoms with Gasteiger partial charge in [0.05, 0.1) is 22.1 Å². The molecule has 0 unspecified atom stereocenters. The number of hydrogen-bond acceptors (Lipinski definition) is 2. The first-order chi connectivity index (χ1) is 41.7. The monoisotopic (exact) mass is 1100 g/mol. The van der Waals surface area contributed by atoms with E-state index >= 15 is 0 Å². The maximum Gasteiger partial charge on any atom is 0.0548 e. The molecule has 4 aromatic heterocycles. The second kappa shape index (κ2) is 18.6. The highest BCUT2D eigenvalue weighted by atomic mass is 32.1. The second-order valence-corrected chi connectivity index (χ2v) is 24.4. The maximum atomic E-state index is 2.47. The Balaban J connectivity index is 0.786. The first-order valence-corrected chi connectivity index (χ1v) is 30.4. The van der Waals surface area contributed by atoms with Crippen LogP contribution in [0.3, 0.4) is 0 Å². The van der Waals surface area contributed by atoms with Crippen molar-refractivity contribution < 1.29 is 0 Å². The zero-order valence-electron chi connectivity index (χ0n) is 45.4. The van der Waals surface area contributed by atoms with Crippen LogP contribution in [-0.2, 0) is 0 Å². The molecule has 0 aliphatic rings. The fourth-order valence-electron chi connectivity index (χ4n) is 14.0. The summed E-state index contributed by atoms with van der Waals surface area (Å²) in [6.45, 7) is 0. The largest absolute Gasteiger partial charge is 0.309 e. The Morgan fingerprint density at radius 1 is 0.190 bits per heavy atom. The number of benzene rings is 14.